The summed E-state index contributed by atoms with van der Waals surface area (Å²) in [5.74, 6) is 0. The molecule has 0 bridgehead atoms. The lowest BCUT2D eigenvalue weighted by atomic mass is 10.4. The van der Waals surface area contributed by atoms with Crippen LogP contribution in [0.15, 0.2) is 18.6 Å². The fourth-order valence-electron chi connectivity index (χ4n) is 0.717. The first-order chi connectivity index (χ1) is 4.84. The van der Waals surface area contributed by atoms with Crippen LogP contribution in [0.4, 0.5) is 0 Å². The molecular formula is C7H11N3. The third-order valence-electron chi connectivity index (χ3n) is 1.28. The number of hydrogen-bond acceptors (Lipinski definition) is 2. The lowest BCUT2D eigenvalue weighted by Crippen LogP contribution is -1.93. The molecule has 0 saturated heterocycles. The Labute approximate surface area is 60.2 Å². The molecule has 0 spiro atoms. The van der Waals surface area contributed by atoms with Crippen molar-refractivity contribution in [2.75, 3.05) is 6.54 Å². The van der Waals surface area contributed by atoms with E-state index in [-0.39, 0.29) is 0 Å². The van der Waals surface area contributed by atoms with Crippen LogP contribution in [-0.2, 0) is 7.05 Å². The number of aromatic nitrogens is 2. The second-order valence-corrected chi connectivity index (χ2v) is 2.07. The van der Waals surface area contributed by atoms with Crippen LogP contribution in [-0.4, -0.2) is 16.1 Å². The zero-order valence-corrected chi connectivity index (χ0v) is 5.99. The summed E-state index contributed by atoms with van der Waals surface area (Å²) >= 11 is 0. The van der Waals surface area contributed by atoms with Gasteiger partial charge in [-0.2, -0.15) is 0 Å². The molecule has 3 heteroatoms. The number of rotatable bonds is 2. The van der Waals surface area contributed by atoms with Crippen LogP contribution in [0.2, 0.25) is 0 Å². The average Bonchev–Trinajstić information content (AvgIpc) is 2.31. The fraction of sp³-hybridized carbons (Fsp3) is 0.286. The third kappa shape index (κ3) is 1.45. The van der Waals surface area contributed by atoms with E-state index in [1.54, 1.807) is 12.5 Å². The molecular weight excluding hydrogens is 126 g/mol. The van der Waals surface area contributed by atoms with E-state index in [9.17, 15) is 0 Å². The molecule has 0 radical (unpaired) electrons. The van der Waals surface area contributed by atoms with Crippen molar-refractivity contribution in [1.29, 1.82) is 0 Å². The summed E-state index contributed by atoms with van der Waals surface area (Å²) in [5.41, 5.74) is 6.35. The highest BCUT2D eigenvalue weighted by Gasteiger charge is 1.88. The minimum atomic E-state index is 0.575. The van der Waals surface area contributed by atoms with E-state index in [1.807, 2.05) is 23.8 Å². The summed E-state index contributed by atoms with van der Waals surface area (Å²) in [6.07, 6.45) is 7.41. The molecule has 0 saturated carbocycles. The molecule has 0 aliphatic carbocycles. The molecule has 0 unspecified atom stereocenters. The van der Waals surface area contributed by atoms with Crippen molar-refractivity contribution >= 4 is 6.08 Å². The van der Waals surface area contributed by atoms with E-state index in [0.29, 0.717) is 6.54 Å². The van der Waals surface area contributed by atoms with Gasteiger partial charge in [0.1, 0.15) is 0 Å². The molecule has 1 aromatic rings. The quantitative estimate of drug-likeness (QED) is 0.641. The maximum Gasteiger partial charge on any atom is 0.0948 e. The van der Waals surface area contributed by atoms with Gasteiger partial charge < -0.3 is 10.3 Å². The topological polar surface area (TPSA) is 43.8 Å². The van der Waals surface area contributed by atoms with Gasteiger partial charge in [0.05, 0.1) is 18.2 Å². The number of nitrogens with zero attached hydrogens (tertiary/aromatic N) is 2. The molecule has 10 heavy (non-hydrogen) atoms. The highest BCUT2D eigenvalue weighted by Crippen LogP contribution is 1.97. The summed E-state index contributed by atoms with van der Waals surface area (Å²) in [6, 6.07) is 0. The molecule has 0 amide bonds. The van der Waals surface area contributed by atoms with E-state index in [1.165, 1.54) is 0 Å². The van der Waals surface area contributed by atoms with Crippen LogP contribution in [0.25, 0.3) is 6.08 Å². The number of hydrogen-bond donors (Lipinski definition) is 1. The Kier molecular flexibility index (Phi) is 2.23. The van der Waals surface area contributed by atoms with Crippen LogP contribution in [0.5, 0.6) is 0 Å². The molecule has 1 aromatic heterocycles. The van der Waals surface area contributed by atoms with E-state index >= 15 is 0 Å². The third-order valence-corrected chi connectivity index (χ3v) is 1.28. The number of imidazole rings is 1. The highest BCUT2D eigenvalue weighted by molar-refractivity contribution is 5.43. The van der Waals surface area contributed by atoms with Crippen LogP contribution in [0, 0.1) is 0 Å². The van der Waals surface area contributed by atoms with Gasteiger partial charge in [-0.1, -0.05) is 6.08 Å². The lowest BCUT2D eigenvalue weighted by Gasteiger charge is -1.91. The molecule has 1 heterocycles. The Morgan fingerprint density at radius 3 is 3.10 bits per heavy atom. The van der Waals surface area contributed by atoms with Gasteiger partial charge in [0.25, 0.3) is 0 Å². The van der Waals surface area contributed by atoms with Gasteiger partial charge >= 0.3 is 0 Å². The van der Waals surface area contributed by atoms with E-state index in [0.717, 1.165) is 5.69 Å². The van der Waals surface area contributed by atoms with Crippen LogP contribution in [0.3, 0.4) is 0 Å². The van der Waals surface area contributed by atoms with Crippen LogP contribution >= 0.6 is 0 Å². The fourth-order valence-corrected chi connectivity index (χ4v) is 0.717. The monoisotopic (exact) mass is 137 g/mol. The second kappa shape index (κ2) is 3.17. The Bertz CT molecular complexity index is 225. The Balaban J connectivity index is 2.74. The maximum atomic E-state index is 5.28. The Morgan fingerprint density at radius 2 is 2.60 bits per heavy atom. The van der Waals surface area contributed by atoms with Crippen molar-refractivity contribution in [3.05, 3.63) is 24.3 Å². The molecule has 0 fully saturated rings. The van der Waals surface area contributed by atoms with Crippen LogP contribution < -0.4 is 5.73 Å². The van der Waals surface area contributed by atoms with Gasteiger partial charge in [-0.25, -0.2) is 4.98 Å². The highest BCUT2D eigenvalue weighted by atomic mass is 15.0. The van der Waals surface area contributed by atoms with E-state index in [2.05, 4.69) is 4.98 Å². The maximum absolute atomic E-state index is 5.28. The van der Waals surface area contributed by atoms with Gasteiger partial charge in [-0.3, -0.25) is 0 Å². The largest absolute Gasteiger partial charge is 0.334 e. The zero-order valence-electron chi connectivity index (χ0n) is 5.99. The molecule has 2 N–H and O–H groups in total. The molecule has 0 aromatic carbocycles. The second-order valence-electron chi connectivity index (χ2n) is 2.07. The minimum Gasteiger partial charge on any atom is -0.334 e. The van der Waals surface area contributed by atoms with Crippen molar-refractivity contribution in [1.82, 2.24) is 9.55 Å². The van der Waals surface area contributed by atoms with Crippen molar-refractivity contribution in [3.63, 3.8) is 0 Å². The van der Waals surface area contributed by atoms with Gasteiger partial charge in [-0.05, 0) is 6.08 Å². The van der Waals surface area contributed by atoms with Gasteiger partial charge in [0, 0.05) is 13.6 Å². The summed E-state index contributed by atoms with van der Waals surface area (Å²) < 4.78 is 1.94. The predicted octanol–water partition coefficient (Wildman–Crippen LogP) is 0.392. The first kappa shape index (κ1) is 7.02. The minimum absolute atomic E-state index is 0.575. The SMILES string of the molecule is Cn1cncc1/C=C/CN. The number of nitrogens with two attached hydrogens (primary N) is 1. The first-order valence-electron chi connectivity index (χ1n) is 3.17. The zero-order chi connectivity index (χ0) is 7.40. The summed E-state index contributed by atoms with van der Waals surface area (Å²) in [5, 5.41) is 0. The molecule has 0 aliphatic heterocycles. The lowest BCUT2D eigenvalue weighted by molar-refractivity contribution is 0.902. The first-order valence-corrected chi connectivity index (χ1v) is 3.17. The van der Waals surface area contributed by atoms with Crippen molar-refractivity contribution < 1.29 is 0 Å². The molecule has 1 rings (SSSR count). The van der Waals surface area contributed by atoms with Gasteiger partial charge in [0.15, 0.2) is 0 Å². The Hall–Kier alpha value is -1.09. The molecule has 0 aliphatic rings. The predicted molar refractivity (Wildman–Crippen MR) is 41.3 cm³/mol. The molecule has 3 nitrogen and oxygen atoms in total. The molecule has 0 atom stereocenters. The molecule has 54 valence electrons. The standard InChI is InChI=1S/C7H11N3/c1-10-6-9-5-7(10)3-2-4-8/h2-3,5-6H,4,8H2,1H3/b3-2+. The van der Waals surface area contributed by atoms with Gasteiger partial charge in [-0.15, -0.1) is 0 Å². The number of aryl methyl sites for hydroxylation is 1. The van der Waals surface area contributed by atoms with E-state index in [4.69, 9.17) is 5.73 Å². The normalized spacial score (nSPS) is 11.0. The average molecular weight is 137 g/mol. The summed E-state index contributed by atoms with van der Waals surface area (Å²) in [4.78, 5) is 3.95. The van der Waals surface area contributed by atoms with Crippen molar-refractivity contribution in [2.24, 2.45) is 12.8 Å². The van der Waals surface area contributed by atoms with Crippen LogP contribution in [0.1, 0.15) is 5.69 Å². The van der Waals surface area contributed by atoms with Crippen molar-refractivity contribution in [3.8, 4) is 0 Å². The smallest absolute Gasteiger partial charge is 0.0948 e. The summed E-state index contributed by atoms with van der Waals surface area (Å²) in [7, 11) is 1.95. The van der Waals surface area contributed by atoms with Crippen molar-refractivity contribution in [2.45, 2.75) is 0 Å². The van der Waals surface area contributed by atoms with E-state index < -0.39 is 0 Å². The van der Waals surface area contributed by atoms with Gasteiger partial charge in [0.2, 0.25) is 0 Å². The Morgan fingerprint density at radius 1 is 1.80 bits per heavy atom. The summed E-state index contributed by atoms with van der Waals surface area (Å²) in [6.45, 7) is 0.575.